The first-order chi connectivity index (χ1) is 6.25. The van der Waals surface area contributed by atoms with E-state index in [1.807, 2.05) is 18.2 Å². The van der Waals surface area contributed by atoms with Crippen molar-refractivity contribution in [1.82, 2.24) is 0 Å². The molecule has 1 N–H and O–H groups in total. The fraction of sp³-hybridized carbons (Fsp3) is 0.455. The van der Waals surface area contributed by atoms with Crippen LogP contribution in [0.5, 0.6) is 0 Å². The highest BCUT2D eigenvalue weighted by molar-refractivity contribution is 5.28. The summed E-state index contributed by atoms with van der Waals surface area (Å²) in [6.07, 6.45) is 0.528. The first-order valence-corrected chi connectivity index (χ1v) is 4.58. The molecule has 0 amide bonds. The van der Waals surface area contributed by atoms with Crippen molar-refractivity contribution in [3.8, 4) is 0 Å². The molecule has 0 aliphatic rings. The molecule has 0 saturated heterocycles. The second kappa shape index (κ2) is 4.97. The van der Waals surface area contributed by atoms with Gasteiger partial charge in [0.2, 0.25) is 0 Å². The van der Waals surface area contributed by atoms with E-state index in [1.165, 1.54) is 6.92 Å². The predicted molar refractivity (Wildman–Crippen MR) is 51.4 cm³/mol. The molecule has 0 aliphatic carbocycles. The van der Waals surface area contributed by atoms with Crippen LogP contribution in [-0.4, -0.2) is 11.7 Å². The minimum absolute atomic E-state index is 0.162. The summed E-state index contributed by atoms with van der Waals surface area (Å²) in [6, 6.07) is 7.46. The van der Waals surface area contributed by atoms with Gasteiger partial charge >= 0.3 is 0 Å². The van der Waals surface area contributed by atoms with Crippen molar-refractivity contribution in [2.45, 2.75) is 25.9 Å². The lowest BCUT2D eigenvalue weighted by Gasteiger charge is -2.09. The van der Waals surface area contributed by atoms with Gasteiger partial charge in [-0.3, -0.25) is 0 Å². The molecule has 0 bridgehead atoms. The Hall–Kier alpha value is -0.890. The highest BCUT2D eigenvalue weighted by Crippen LogP contribution is 2.21. The van der Waals surface area contributed by atoms with Gasteiger partial charge in [0.1, 0.15) is 6.17 Å². The largest absolute Gasteiger partial charge is 0.396 e. The monoisotopic (exact) mass is 182 g/mol. The van der Waals surface area contributed by atoms with Gasteiger partial charge in [0.15, 0.2) is 0 Å². The van der Waals surface area contributed by atoms with Gasteiger partial charge in [-0.2, -0.15) is 0 Å². The summed E-state index contributed by atoms with van der Waals surface area (Å²) in [5, 5.41) is 8.66. The zero-order valence-electron chi connectivity index (χ0n) is 7.83. The van der Waals surface area contributed by atoms with E-state index in [4.69, 9.17) is 5.11 Å². The van der Waals surface area contributed by atoms with E-state index in [0.29, 0.717) is 6.42 Å². The topological polar surface area (TPSA) is 20.2 Å². The number of hydrogen-bond acceptors (Lipinski definition) is 1. The number of hydrogen-bond donors (Lipinski definition) is 1. The fourth-order valence-electron chi connectivity index (χ4n) is 1.42. The quantitative estimate of drug-likeness (QED) is 0.759. The van der Waals surface area contributed by atoms with Gasteiger partial charge < -0.3 is 5.11 Å². The second-order valence-corrected chi connectivity index (χ2v) is 3.14. The molecule has 1 atom stereocenters. The van der Waals surface area contributed by atoms with Crippen LogP contribution in [0, 0.1) is 0 Å². The number of benzene rings is 1. The third kappa shape index (κ3) is 2.81. The summed E-state index contributed by atoms with van der Waals surface area (Å²) in [5.74, 6) is 0. The Bertz CT molecular complexity index is 258. The average Bonchev–Trinajstić information content (AvgIpc) is 2.15. The van der Waals surface area contributed by atoms with Crippen LogP contribution in [-0.2, 0) is 6.42 Å². The molecule has 0 fully saturated rings. The summed E-state index contributed by atoms with van der Waals surface area (Å²) >= 11 is 0. The molecule has 2 heteroatoms. The number of aliphatic hydroxyl groups is 1. The maximum atomic E-state index is 13.1. The van der Waals surface area contributed by atoms with Crippen LogP contribution in [0.25, 0.3) is 0 Å². The molecule has 1 nitrogen and oxygen atoms in total. The maximum absolute atomic E-state index is 13.1. The van der Waals surface area contributed by atoms with Crippen molar-refractivity contribution in [2.24, 2.45) is 0 Å². The van der Waals surface area contributed by atoms with Crippen LogP contribution < -0.4 is 0 Å². The van der Waals surface area contributed by atoms with E-state index in [9.17, 15) is 4.39 Å². The molecule has 0 aromatic heterocycles. The van der Waals surface area contributed by atoms with Crippen LogP contribution in [0.3, 0.4) is 0 Å². The zero-order valence-corrected chi connectivity index (χ0v) is 7.83. The second-order valence-electron chi connectivity index (χ2n) is 3.14. The van der Waals surface area contributed by atoms with Crippen LogP contribution in [0.15, 0.2) is 24.3 Å². The first kappa shape index (κ1) is 10.2. The Morgan fingerprint density at radius 1 is 1.38 bits per heavy atom. The Morgan fingerprint density at radius 2 is 2.08 bits per heavy atom. The lowest BCUT2D eigenvalue weighted by molar-refractivity contribution is 0.288. The van der Waals surface area contributed by atoms with E-state index < -0.39 is 6.17 Å². The lowest BCUT2D eigenvalue weighted by atomic mass is 10.0. The van der Waals surface area contributed by atoms with Gasteiger partial charge in [-0.25, -0.2) is 4.39 Å². The van der Waals surface area contributed by atoms with E-state index in [2.05, 4.69) is 0 Å². The Kier molecular flexibility index (Phi) is 3.90. The van der Waals surface area contributed by atoms with Gasteiger partial charge in [0, 0.05) is 6.61 Å². The van der Waals surface area contributed by atoms with Crippen LogP contribution in [0.2, 0.25) is 0 Å². The number of rotatable bonds is 4. The summed E-state index contributed by atoms with van der Waals surface area (Å²) in [7, 11) is 0. The van der Waals surface area contributed by atoms with Gasteiger partial charge in [0.05, 0.1) is 0 Å². The van der Waals surface area contributed by atoms with Crippen LogP contribution in [0.1, 0.15) is 30.6 Å². The molecule has 0 radical (unpaired) electrons. The first-order valence-electron chi connectivity index (χ1n) is 4.58. The Labute approximate surface area is 78.2 Å². The van der Waals surface area contributed by atoms with Crippen molar-refractivity contribution in [2.75, 3.05) is 6.61 Å². The summed E-state index contributed by atoms with van der Waals surface area (Å²) < 4.78 is 13.1. The van der Waals surface area contributed by atoms with Crippen molar-refractivity contribution in [3.05, 3.63) is 35.4 Å². The van der Waals surface area contributed by atoms with Gasteiger partial charge in [-0.15, -0.1) is 0 Å². The normalized spacial score (nSPS) is 12.8. The lowest BCUT2D eigenvalue weighted by Crippen LogP contribution is -1.96. The molecule has 1 aromatic rings. The molecule has 1 unspecified atom stereocenters. The number of alkyl halides is 1. The molecule has 72 valence electrons. The van der Waals surface area contributed by atoms with Gasteiger partial charge in [0.25, 0.3) is 0 Å². The molecule has 0 aliphatic heterocycles. The third-order valence-corrected chi connectivity index (χ3v) is 2.09. The van der Waals surface area contributed by atoms with E-state index in [1.54, 1.807) is 6.07 Å². The summed E-state index contributed by atoms with van der Waals surface area (Å²) in [6.45, 7) is 1.70. The minimum atomic E-state index is -0.921. The summed E-state index contributed by atoms with van der Waals surface area (Å²) in [5.41, 5.74) is 1.75. The number of aryl methyl sites for hydroxylation is 1. The van der Waals surface area contributed by atoms with Gasteiger partial charge in [-0.05, 0) is 30.9 Å². The SMILES string of the molecule is CC(F)c1ccccc1CCCO. The molecular formula is C11H15FO. The molecule has 13 heavy (non-hydrogen) atoms. The Balaban J connectivity index is 2.78. The fourth-order valence-corrected chi connectivity index (χ4v) is 1.42. The highest BCUT2D eigenvalue weighted by atomic mass is 19.1. The number of aliphatic hydroxyl groups excluding tert-OH is 1. The molecule has 1 aromatic carbocycles. The average molecular weight is 182 g/mol. The Morgan fingerprint density at radius 3 is 2.69 bits per heavy atom. The smallest absolute Gasteiger partial charge is 0.123 e. The van der Waals surface area contributed by atoms with E-state index >= 15 is 0 Å². The molecule has 0 saturated carbocycles. The minimum Gasteiger partial charge on any atom is -0.396 e. The predicted octanol–water partition coefficient (Wildman–Crippen LogP) is 2.64. The molecule has 0 heterocycles. The third-order valence-electron chi connectivity index (χ3n) is 2.09. The highest BCUT2D eigenvalue weighted by Gasteiger charge is 2.07. The standard InChI is InChI=1S/C11H15FO/c1-9(12)11-7-3-2-5-10(11)6-4-8-13/h2-3,5,7,9,13H,4,6,8H2,1H3. The van der Waals surface area contributed by atoms with Crippen molar-refractivity contribution in [1.29, 1.82) is 0 Å². The van der Waals surface area contributed by atoms with Crippen LogP contribution >= 0.6 is 0 Å². The molecule has 1 rings (SSSR count). The molecular weight excluding hydrogens is 167 g/mol. The maximum Gasteiger partial charge on any atom is 0.123 e. The summed E-state index contributed by atoms with van der Waals surface area (Å²) in [4.78, 5) is 0. The van der Waals surface area contributed by atoms with Crippen molar-refractivity contribution in [3.63, 3.8) is 0 Å². The van der Waals surface area contributed by atoms with Gasteiger partial charge in [-0.1, -0.05) is 24.3 Å². The van der Waals surface area contributed by atoms with Crippen molar-refractivity contribution < 1.29 is 9.50 Å². The van der Waals surface area contributed by atoms with E-state index in [-0.39, 0.29) is 6.61 Å². The van der Waals surface area contributed by atoms with E-state index in [0.717, 1.165) is 17.5 Å². The zero-order chi connectivity index (χ0) is 9.68. The number of halogens is 1. The van der Waals surface area contributed by atoms with Crippen LogP contribution in [0.4, 0.5) is 4.39 Å². The van der Waals surface area contributed by atoms with Crippen molar-refractivity contribution >= 4 is 0 Å². The molecule has 0 spiro atoms.